The largest absolute Gasteiger partial charge is 0.303 e. The van der Waals surface area contributed by atoms with Crippen molar-refractivity contribution in [2.45, 2.75) is 38.5 Å². The fraction of sp³-hybridized carbons (Fsp3) is 0.917. The van der Waals surface area contributed by atoms with Gasteiger partial charge in [-0.15, -0.1) is 0 Å². The Kier molecular flexibility index (Phi) is 4.75. The fourth-order valence-corrected chi connectivity index (χ4v) is 4.52. The Balaban J connectivity index is 2.06. The van der Waals surface area contributed by atoms with Crippen molar-refractivity contribution in [2.24, 2.45) is 5.92 Å². The summed E-state index contributed by atoms with van der Waals surface area (Å²) in [5, 5.41) is 0. The van der Waals surface area contributed by atoms with Crippen LogP contribution in [0, 0.1) is 5.92 Å². The van der Waals surface area contributed by atoms with E-state index in [-0.39, 0.29) is 5.92 Å². The third-order valence-electron chi connectivity index (χ3n) is 3.83. The predicted molar refractivity (Wildman–Crippen MR) is 69.3 cm³/mol. The van der Waals surface area contributed by atoms with Crippen molar-refractivity contribution in [1.29, 1.82) is 0 Å². The van der Waals surface area contributed by atoms with Crippen LogP contribution >= 0.6 is 0 Å². The van der Waals surface area contributed by atoms with Gasteiger partial charge in [-0.1, -0.05) is 12.8 Å². The second-order valence-electron chi connectivity index (χ2n) is 5.22. The van der Waals surface area contributed by atoms with Crippen molar-refractivity contribution in [3.8, 4) is 0 Å². The number of carbonyl (C=O) groups is 1. The molecule has 0 aromatic rings. The maximum absolute atomic E-state index is 12.5. The Morgan fingerprint density at radius 3 is 2.11 bits per heavy atom. The van der Waals surface area contributed by atoms with Gasteiger partial charge in [0.2, 0.25) is 0 Å². The number of piperidine rings is 1. The van der Waals surface area contributed by atoms with Gasteiger partial charge in [-0.05, 0) is 25.7 Å². The Morgan fingerprint density at radius 1 is 0.889 bits per heavy atom. The Morgan fingerprint density at radius 2 is 1.50 bits per heavy atom. The van der Waals surface area contributed by atoms with Crippen LogP contribution < -0.4 is 0 Å². The number of rotatable bonds is 3. The number of hydrogen-bond acceptors (Lipinski definition) is 3. The van der Waals surface area contributed by atoms with Gasteiger partial charge in [0.05, 0.1) is 0 Å². The van der Waals surface area contributed by atoms with Crippen LogP contribution in [0.3, 0.4) is 0 Å². The van der Waals surface area contributed by atoms with Crippen molar-refractivity contribution >= 4 is 16.5 Å². The van der Waals surface area contributed by atoms with Crippen LogP contribution in [0.2, 0.25) is 0 Å². The highest BCUT2D eigenvalue weighted by Gasteiger charge is 2.33. The summed E-state index contributed by atoms with van der Waals surface area (Å²) in [6.07, 6.45) is 6.62. The van der Waals surface area contributed by atoms with E-state index in [2.05, 4.69) is 0 Å². The summed E-state index contributed by atoms with van der Waals surface area (Å²) in [7, 11) is -3.34. The molecule has 104 valence electrons. The lowest BCUT2D eigenvalue weighted by Crippen LogP contribution is -2.48. The minimum absolute atomic E-state index is 0.125. The van der Waals surface area contributed by atoms with Crippen LogP contribution in [0.15, 0.2) is 0 Å². The van der Waals surface area contributed by atoms with Crippen molar-refractivity contribution < 1.29 is 13.2 Å². The Labute approximate surface area is 109 Å². The van der Waals surface area contributed by atoms with Crippen molar-refractivity contribution in [3.63, 3.8) is 0 Å². The summed E-state index contributed by atoms with van der Waals surface area (Å²) in [5.41, 5.74) is 0. The average molecular weight is 274 g/mol. The molecule has 6 heteroatoms. The molecule has 2 heterocycles. The first-order chi connectivity index (χ1) is 8.64. The highest BCUT2D eigenvalue weighted by Crippen LogP contribution is 2.22. The highest BCUT2D eigenvalue weighted by molar-refractivity contribution is 7.86. The van der Waals surface area contributed by atoms with Gasteiger partial charge in [-0.2, -0.15) is 17.0 Å². The zero-order valence-corrected chi connectivity index (χ0v) is 11.6. The first-order valence-electron chi connectivity index (χ1n) is 6.85. The van der Waals surface area contributed by atoms with Gasteiger partial charge in [0.15, 0.2) is 0 Å². The third-order valence-corrected chi connectivity index (χ3v) is 5.83. The van der Waals surface area contributed by atoms with Crippen LogP contribution in [-0.4, -0.2) is 49.5 Å². The van der Waals surface area contributed by atoms with Gasteiger partial charge in [0, 0.05) is 32.1 Å². The molecule has 1 unspecified atom stereocenters. The monoisotopic (exact) mass is 274 g/mol. The average Bonchev–Trinajstić information content (AvgIpc) is 2.68. The molecule has 0 spiro atoms. The number of nitrogens with zero attached hydrogens (tertiary/aromatic N) is 2. The molecule has 0 amide bonds. The first kappa shape index (κ1) is 14.0. The molecule has 1 atom stereocenters. The topological polar surface area (TPSA) is 57.7 Å². The lowest BCUT2D eigenvalue weighted by Gasteiger charge is -2.33. The predicted octanol–water partition coefficient (Wildman–Crippen LogP) is 1.02. The molecule has 5 nitrogen and oxygen atoms in total. The third kappa shape index (κ3) is 3.10. The molecule has 0 aromatic carbocycles. The molecule has 2 aliphatic rings. The van der Waals surface area contributed by atoms with Crippen molar-refractivity contribution in [3.05, 3.63) is 0 Å². The summed E-state index contributed by atoms with van der Waals surface area (Å²) in [4.78, 5) is 10.8. The van der Waals surface area contributed by atoms with E-state index >= 15 is 0 Å². The van der Waals surface area contributed by atoms with Crippen LogP contribution in [0.25, 0.3) is 0 Å². The second-order valence-corrected chi connectivity index (χ2v) is 7.15. The zero-order chi connectivity index (χ0) is 13.0. The lowest BCUT2D eigenvalue weighted by molar-refractivity contribution is -0.112. The van der Waals surface area contributed by atoms with Gasteiger partial charge in [-0.25, -0.2) is 0 Å². The highest BCUT2D eigenvalue weighted by atomic mass is 32.2. The van der Waals surface area contributed by atoms with E-state index in [9.17, 15) is 13.2 Å². The SMILES string of the molecule is O=CC1CCCN(S(=O)(=O)N2CCCCCC2)C1. The van der Waals surface area contributed by atoms with Gasteiger partial charge in [0.25, 0.3) is 10.2 Å². The minimum atomic E-state index is -3.34. The van der Waals surface area contributed by atoms with Crippen molar-refractivity contribution in [1.82, 2.24) is 8.61 Å². The summed E-state index contributed by atoms with van der Waals surface area (Å²) in [6.45, 7) is 2.18. The molecule has 2 fully saturated rings. The van der Waals surface area contributed by atoms with Crippen LogP contribution in [0.1, 0.15) is 38.5 Å². The molecule has 18 heavy (non-hydrogen) atoms. The molecule has 2 aliphatic heterocycles. The fourth-order valence-electron chi connectivity index (χ4n) is 2.73. The van der Waals surface area contributed by atoms with Gasteiger partial charge in [-0.3, -0.25) is 0 Å². The number of aldehydes is 1. The van der Waals surface area contributed by atoms with E-state index in [1.807, 2.05) is 0 Å². The molecule has 2 saturated heterocycles. The smallest absolute Gasteiger partial charge is 0.281 e. The molecule has 0 aliphatic carbocycles. The summed E-state index contributed by atoms with van der Waals surface area (Å²) in [5.74, 6) is -0.125. The maximum Gasteiger partial charge on any atom is 0.281 e. The molecule has 0 bridgehead atoms. The van der Waals surface area contributed by atoms with Crippen LogP contribution in [0.5, 0.6) is 0 Å². The van der Waals surface area contributed by atoms with E-state index in [0.29, 0.717) is 26.2 Å². The van der Waals surface area contributed by atoms with Gasteiger partial charge < -0.3 is 4.79 Å². The van der Waals surface area contributed by atoms with E-state index in [1.54, 1.807) is 4.31 Å². The van der Waals surface area contributed by atoms with Crippen LogP contribution in [-0.2, 0) is 15.0 Å². The molecule has 0 saturated carbocycles. The Bertz CT molecular complexity index is 375. The summed E-state index contributed by atoms with van der Waals surface area (Å²) >= 11 is 0. The second kappa shape index (κ2) is 6.12. The zero-order valence-electron chi connectivity index (χ0n) is 10.8. The number of hydrogen-bond donors (Lipinski definition) is 0. The van der Waals surface area contributed by atoms with Crippen LogP contribution in [0.4, 0.5) is 0 Å². The lowest BCUT2D eigenvalue weighted by atomic mass is 10.0. The summed E-state index contributed by atoms with van der Waals surface area (Å²) < 4.78 is 28.1. The molecule has 2 rings (SSSR count). The number of carbonyl (C=O) groups excluding carboxylic acids is 1. The van der Waals surface area contributed by atoms with Crippen molar-refractivity contribution in [2.75, 3.05) is 26.2 Å². The van der Waals surface area contributed by atoms with Gasteiger partial charge >= 0.3 is 0 Å². The molecule has 0 radical (unpaired) electrons. The van der Waals surface area contributed by atoms with E-state index in [1.165, 1.54) is 4.31 Å². The molecular weight excluding hydrogens is 252 g/mol. The minimum Gasteiger partial charge on any atom is -0.303 e. The van der Waals surface area contributed by atoms with Gasteiger partial charge in [0.1, 0.15) is 6.29 Å². The molecular formula is C12H22N2O3S. The molecule has 0 N–H and O–H groups in total. The quantitative estimate of drug-likeness (QED) is 0.722. The van der Waals surface area contributed by atoms with E-state index in [4.69, 9.17) is 0 Å². The summed E-state index contributed by atoms with van der Waals surface area (Å²) in [6, 6.07) is 0. The molecule has 0 aromatic heterocycles. The van der Waals surface area contributed by atoms with E-state index < -0.39 is 10.2 Å². The van der Waals surface area contributed by atoms with E-state index in [0.717, 1.165) is 44.8 Å². The Hall–Kier alpha value is -0.460. The first-order valence-corrected chi connectivity index (χ1v) is 8.25. The normalized spacial score (nSPS) is 28.8. The standard InChI is InChI=1S/C12H22N2O3S/c15-11-12-6-5-9-14(10-12)18(16,17)13-7-3-1-2-4-8-13/h11-12H,1-10H2. The maximum atomic E-state index is 12.5.